The summed E-state index contributed by atoms with van der Waals surface area (Å²) in [5.74, 6) is 0. The molecule has 0 heterocycles. The van der Waals surface area contributed by atoms with Crippen molar-refractivity contribution in [3.8, 4) is 0 Å². The Morgan fingerprint density at radius 1 is 1.29 bits per heavy atom. The zero-order chi connectivity index (χ0) is 10.4. The van der Waals surface area contributed by atoms with E-state index in [1.165, 1.54) is 11.1 Å². The van der Waals surface area contributed by atoms with Crippen LogP contribution in [0.3, 0.4) is 0 Å². The molecule has 0 saturated heterocycles. The van der Waals surface area contributed by atoms with Gasteiger partial charge in [0, 0.05) is 12.6 Å². The minimum Gasteiger partial charge on any atom is -0.329 e. The first-order valence-electron chi connectivity index (χ1n) is 5.28. The van der Waals surface area contributed by atoms with Crippen molar-refractivity contribution in [1.82, 2.24) is 5.32 Å². The fourth-order valence-corrected chi connectivity index (χ4v) is 1.45. The third-order valence-corrected chi connectivity index (χ3v) is 2.36. The van der Waals surface area contributed by atoms with Crippen molar-refractivity contribution in [3.05, 3.63) is 35.4 Å². The standard InChI is InChI=1S/C12H20N2/c1-3-8-14-12(9-13)11-6-4-10(2)5-7-11/h4-7,12,14H,3,8-9,13H2,1-2H3. The van der Waals surface area contributed by atoms with Gasteiger partial charge in [-0.25, -0.2) is 0 Å². The van der Waals surface area contributed by atoms with Crippen LogP contribution in [0.4, 0.5) is 0 Å². The van der Waals surface area contributed by atoms with Gasteiger partial charge in [0.15, 0.2) is 0 Å². The van der Waals surface area contributed by atoms with E-state index in [1.807, 2.05) is 0 Å². The van der Waals surface area contributed by atoms with Crippen molar-refractivity contribution in [1.29, 1.82) is 0 Å². The molecule has 0 amide bonds. The van der Waals surface area contributed by atoms with Crippen LogP contribution in [0.5, 0.6) is 0 Å². The molecule has 0 spiro atoms. The van der Waals surface area contributed by atoms with Crippen molar-refractivity contribution < 1.29 is 0 Å². The molecular weight excluding hydrogens is 172 g/mol. The Kier molecular flexibility index (Phi) is 4.63. The van der Waals surface area contributed by atoms with E-state index in [0.717, 1.165) is 13.0 Å². The summed E-state index contributed by atoms with van der Waals surface area (Å²) in [5, 5.41) is 3.43. The molecule has 1 aromatic carbocycles. The highest BCUT2D eigenvalue weighted by atomic mass is 14.9. The molecule has 2 nitrogen and oxygen atoms in total. The van der Waals surface area contributed by atoms with Crippen LogP contribution in [0, 0.1) is 6.92 Å². The van der Waals surface area contributed by atoms with Gasteiger partial charge in [0.05, 0.1) is 0 Å². The lowest BCUT2D eigenvalue weighted by Crippen LogP contribution is -2.28. The highest BCUT2D eigenvalue weighted by molar-refractivity contribution is 5.24. The average molecular weight is 192 g/mol. The lowest BCUT2D eigenvalue weighted by molar-refractivity contribution is 0.540. The molecule has 14 heavy (non-hydrogen) atoms. The summed E-state index contributed by atoms with van der Waals surface area (Å²) in [6.45, 7) is 5.94. The van der Waals surface area contributed by atoms with Crippen LogP contribution in [-0.4, -0.2) is 13.1 Å². The van der Waals surface area contributed by atoms with Crippen LogP contribution < -0.4 is 11.1 Å². The Bertz CT molecular complexity index is 254. The second-order valence-corrected chi connectivity index (χ2v) is 3.65. The summed E-state index contributed by atoms with van der Waals surface area (Å²) in [6.07, 6.45) is 1.14. The van der Waals surface area contributed by atoms with Gasteiger partial charge in [-0.15, -0.1) is 0 Å². The zero-order valence-corrected chi connectivity index (χ0v) is 9.09. The summed E-state index contributed by atoms with van der Waals surface area (Å²) in [7, 11) is 0. The summed E-state index contributed by atoms with van der Waals surface area (Å²) in [6, 6.07) is 8.86. The molecule has 0 aliphatic heterocycles. The van der Waals surface area contributed by atoms with Crippen LogP contribution in [0.1, 0.15) is 30.5 Å². The predicted molar refractivity (Wildman–Crippen MR) is 61.3 cm³/mol. The maximum Gasteiger partial charge on any atom is 0.0444 e. The number of hydrogen-bond acceptors (Lipinski definition) is 2. The number of rotatable bonds is 5. The highest BCUT2D eigenvalue weighted by Gasteiger charge is 2.06. The Morgan fingerprint density at radius 2 is 1.93 bits per heavy atom. The third kappa shape index (κ3) is 3.13. The van der Waals surface area contributed by atoms with Gasteiger partial charge in [-0.2, -0.15) is 0 Å². The molecule has 3 N–H and O–H groups in total. The number of nitrogens with one attached hydrogen (secondary N) is 1. The fraction of sp³-hybridized carbons (Fsp3) is 0.500. The van der Waals surface area contributed by atoms with E-state index in [-0.39, 0.29) is 0 Å². The SMILES string of the molecule is CCCNC(CN)c1ccc(C)cc1. The second kappa shape index (κ2) is 5.78. The molecule has 2 heteroatoms. The van der Waals surface area contributed by atoms with Crippen LogP contribution >= 0.6 is 0 Å². The van der Waals surface area contributed by atoms with E-state index in [2.05, 4.69) is 43.4 Å². The molecule has 1 unspecified atom stereocenters. The van der Waals surface area contributed by atoms with Crippen molar-refractivity contribution in [2.45, 2.75) is 26.3 Å². The molecule has 0 aromatic heterocycles. The maximum atomic E-state index is 5.72. The van der Waals surface area contributed by atoms with Crippen LogP contribution in [-0.2, 0) is 0 Å². The van der Waals surface area contributed by atoms with Gasteiger partial charge in [-0.3, -0.25) is 0 Å². The van der Waals surface area contributed by atoms with Gasteiger partial charge < -0.3 is 11.1 Å². The summed E-state index contributed by atoms with van der Waals surface area (Å²) in [4.78, 5) is 0. The van der Waals surface area contributed by atoms with Crippen LogP contribution in [0.15, 0.2) is 24.3 Å². The first kappa shape index (κ1) is 11.2. The van der Waals surface area contributed by atoms with Gasteiger partial charge in [0.1, 0.15) is 0 Å². The molecular formula is C12H20N2. The molecule has 1 rings (SSSR count). The first-order valence-corrected chi connectivity index (χ1v) is 5.28. The van der Waals surface area contributed by atoms with Crippen molar-refractivity contribution >= 4 is 0 Å². The quantitative estimate of drug-likeness (QED) is 0.748. The normalized spacial score (nSPS) is 12.8. The topological polar surface area (TPSA) is 38.0 Å². The first-order chi connectivity index (χ1) is 6.77. The third-order valence-electron chi connectivity index (χ3n) is 2.36. The van der Waals surface area contributed by atoms with E-state index in [4.69, 9.17) is 5.73 Å². The molecule has 0 fully saturated rings. The summed E-state index contributed by atoms with van der Waals surface area (Å²) in [5.41, 5.74) is 8.30. The smallest absolute Gasteiger partial charge is 0.0444 e. The zero-order valence-electron chi connectivity index (χ0n) is 9.09. The summed E-state index contributed by atoms with van der Waals surface area (Å²) < 4.78 is 0. The molecule has 1 aromatic rings. The van der Waals surface area contributed by atoms with Gasteiger partial charge in [-0.1, -0.05) is 36.8 Å². The molecule has 1 atom stereocenters. The number of benzene rings is 1. The largest absolute Gasteiger partial charge is 0.329 e. The minimum absolute atomic E-state index is 0.301. The Balaban J connectivity index is 2.64. The van der Waals surface area contributed by atoms with E-state index < -0.39 is 0 Å². The average Bonchev–Trinajstić information content (AvgIpc) is 2.21. The highest BCUT2D eigenvalue weighted by Crippen LogP contribution is 2.12. The van der Waals surface area contributed by atoms with Gasteiger partial charge in [0.25, 0.3) is 0 Å². The molecule has 78 valence electrons. The van der Waals surface area contributed by atoms with E-state index in [9.17, 15) is 0 Å². The van der Waals surface area contributed by atoms with Gasteiger partial charge >= 0.3 is 0 Å². The van der Waals surface area contributed by atoms with E-state index >= 15 is 0 Å². The van der Waals surface area contributed by atoms with Crippen molar-refractivity contribution in [2.24, 2.45) is 5.73 Å². The lowest BCUT2D eigenvalue weighted by Gasteiger charge is -2.16. The lowest BCUT2D eigenvalue weighted by atomic mass is 10.1. The summed E-state index contributed by atoms with van der Waals surface area (Å²) >= 11 is 0. The van der Waals surface area contributed by atoms with Crippen LogP contribution in [0.25, 0.3) is 0 Å². The Hall–Kier alpha value is -0.860. The maximum absolute atomic E-state index is 5.72. The predicted octanol–water partition coefficient (Wildman–Crippen LogP) is 1.99. The molecule has 0 radical (unpaired) electrons. The Labute approximate surface area is 86.5 Å². The van der Waals surface area contributed by atoms with Crippen LogP contribution in [0.2, 0.25) is 0 Å². The van der Waals surface area contributed by atoms with E-state index in [0.29, 0.717) is 12.6 Å². The van der Waals surface area contributed by atoms with Gasteiger partial charge in [0.2, 0.25) is 0 Å². The van der Waals surface area contributed by atoms with Gasteiger partial charge in [-0.05, 0) is 25.5 Å². The molecule has 0 bridgehead atoms. The van der Waals surface area contributed by atoms with Crippen molar-refractivity contribution in [2.75, 3.05) is 13.1 Å². The Morgan fingerprint density at radius 3 is 2.43 bits per heavy atom. The molecule has 0 saturated carbocycles. The number of hydrogen-bond donors (Lipinski definition) is 2. The minimum atomic E-state index is 0.301. The molecule has 0 aliphatic carbocycles. The number of nitrogens with two attached hydrogens (primary N) is 1. The molecule has 0 aliphatic rings. The van der Waals surface area contributed by atoms with E-state index in [1.54, 1.807) is 0 Å². The fourth-order valence-electron chi connectivity index (χ4n) is 1.45. The van der Waals surface area contributed by atoms with Crippen molar-refractivity contribution in [3.63, 3.8) is 0 Å². The number of aryl methyl sites for hydroxylation is 1. The second-order valence-electron chi connectivity index (χ2n) is 3.65. The monoisotopic (exact) mass is 192 g/mol.